The number of carbonyl (C=O) groups is 6. The van der Waals surface area contributed by atoms with Gasteiger partial charge in [-0.05, 0) is 69.8 Å². The van der Waals surface area contributed by atoms with Crippen LogP contribution in [0.4, 0.5) is 0 Å². The molecule has 0 aliphatic heterocycles. The molecule has 0 saturated heterocycles. The van der Waals surface area contributed by atoms with Crippen LogP contribution in [0.25, 0.3) is 0 Å². The van der Waals surface area contributed by atoms with Crippen molar-refractivity contribution in [3.05, 3.63) is 35.4 Å². The minimum absolute atomic E-state index is 0.0186. The molecule has 0 aliphatic carbocycles. The Kier molecular flexibility index (Phi) is 31.2. The summed E-state index contributed by atoms with van der Waals surface area (Å²) in [6, 6.07) is 5.20. The summed E-state index contributed by atoms with van der Waals surface area (Å²) in [5, 5.41) is 49.9. The number of hydrogen-bond donors (Lipinski definition) is 8. The second-order valence-electron chi connectivity index (χ2n) is 9.23. The molecule has 246 valence electrons. The van der Waals surface area contributed by atoms with Gasteiger partial charge in [-0.15, -0.1) is 0 Å². The van der Waals surface area contributed by atoms with Gasteiger partial charge in [0.15, 0.2) is 0 Å². The molecule has 0 atom stereocenters. The van der Waals surface area contributed by atoms with Crippen molar-refractivity contribution in [3.8, 4) is 0 Å². The van der Waals surface area contributed by atoms with Gasteiger partial charge >= 0.3 is 35.8 Å². The van der Waals surface area contributed by atoms with Gasteiger partial charge in [-0.1, -0.05) is 38.2 Å². The predicted molar refractivity (Wildman–Crippen MR) is 158 cm³/mol. The Labute approximate surface area is 251 Å². The lowest BCUT2D eigenvalue weighted by Gasteiger charge is -1.97. The van der Waals surface area contributed by atoms with E-state index in [0.717, 1.165) is 51.3 Å². The van der Waals surface area contributed by atoms with Gasteiger partial charge in [0.1, 0.15) is 0 Å². The average Bonchev–Trinajstić information content (AvgIpc) is 2.93. The fraction of sp³-hybridized carbons (Fsp3) is 0.586. The summed E-state index contributed by atoms with van der Waals surface area (Å²) in [7, 11) is 0. The molecule has 1 aromatic rings. The van der Waals surface area contributed by atoms with Crippen molar-refractivity contribution in [1.82, 2.24) is 0 Å². The number of carboxylic acid groups (broad SMARTS) is 6. The number of aromatic carboxylic acids is 2. The smallest absolute Gasteiger partial charge is 0.335 e. The Hall–Kier alpha value is -4.04. The predicted octanol–water partition coefficient (Wildman–Crippen LogP) is 4.15. The van der Waals surface area contributed by atoms with Crippen LogP contribution in [0.3, 0.4) is 0 Å². The van der Waals surface area contributed by atoms with Crippen LogP contribution >= 0.6 is 0 Å². The highest BCUT2D eigenvalue weighted by Gasteiger charge is 2.06. The highest BCUT2D eigenvalue weighted by Crippen LogP contribution is 2.07. The van der Waals surface area contributed by atoms with E-state index in [0.29, 0.717) is 25.7 Å². The third-order valence-electron chi connectivity index (χ3n) is 5.33. The summed E-state index contributed by atoms with van der Waals surface area (Å²) < 4.78 is 0. The van der Waals surface area contributed by atoms with Crippen molar-refractivity contribution in [2.45, 2.75) is 96.3 Å². The Morgan fingerprint density at radius 3 is 0.953 bits per heavy atom. The van der Waals surface area contributed by atoms with E-state index in [1.54, 1.807) is 0 Å². The largest absolute Gasteiger partial charge is 0.481 e. The van der Waals surface area contributed by atoms with Crippen LogP contribution in [0, 0.1) is 0 Å². The van der Waals surface area contributed by atoms with Gasteiger partial charge in [-0.25, -0.2) is 9.59 Å². The van der Waals surface area contributed by atoms with Crippen LogP contribution < -0.4 is 11.5 Å². The highest BCUT2D eigenvalue weighted by molar-refractivity contribution is 5.93. The quantitative estimate of drug-likeness (QED) is 0.0956. The molecule has 10 N–H and O–H groups in total. The molecule has 1 rings (SSSR count). The molecule has 14 nitrogen and oxygen atoms in total. The third kappa shape index (κ3) is 38.0. The van der Waals surface area contributed by atoms with Crippen LogP contribution in [-0.2, 0) is 19.2 Å². The Balaban J connectivity index is -0.000000504. The zero-order chi connectivity index (χ0) is 33.5. The van der Waals surface area contributed by atoms with Gasteiger partial charge in [0, 0.05) is 25.7 Å². The highest BCUT2D eigenvalue weighted by atomic mass is 16.4. The number of rotatable bonds is 20. The van der Waals surface area contributed by atoms with Gasteiger partial charge in [0.05, 0.1) is 11.1 Å². The lowest BCUT2D eigenvalue weighted by molar-refractivity contribution is -0.139. The first kappa shape index (κ1) is 43.4. The summed E-state index contributed by atoms with van der Waals surface area (Å²) in [6.07, 6.45) is 10.3. The normalized spacial score (nSPS) is 9.53. The first-order valence-corrected chi connectivity index (χ1v) is 14.1. The molecule has 0 radical (unpaired) electrons. The molecular formula is C29H48N2O12. The third-order valence-corrected chi connectivity index (χ3v) is 5.33. The number of hydrogen-bond acceptors (Lipinski definition) is 8. The maximum absolute atomic E-state index is 10.4. The van der Waals surface area contributed by atoms with Crippen molar-refractivity contribution in [1.29, 1.82) is 0 Å². The topological polar surface area (TPSA) is 276 Å². The second-order valence-corrected chi connectivity index (χ2v) is 9.23. The number of nitrogens with two attached hydrogens (primary N) is 2. The summed E-state index contributed by atoms with van der Waals surface area (Å²) >= 11 is 0. The van der Waals surface area contributed by atoms with Crippen molar-refractivity contribution < 1.29 is 59.4 Å². The van der Waals surface area contributed by atoms with E-state index in [-0.39, 0.29) is 36.8 Å². The molecule has 0 saturated carbocycles. The van der Waals surface area contributed by atoms with Crippen LogP contribution in [0.5, 0.6) is 0 Å². The maximum atomic E-state index is 10.4. The fourth-order valence-electron chi connectivity index (χ4n) is 3.06. The minimum atomic E-state index is -1.13. The zero-order valence-corrected chi connectivity index (χ0v) is 24.6. The minimum Gasteiger partial charge on any atom is -0.481 e. The van der Waals surface area contributed by atoms with Crippen LogP contribution in [-0.4, -0.2) is 79.5 Å². The van der Waals surface area contributed by atoms with Crippen LogP contribution in [0.15, 0.2) is 24.3 Å². The van der Waals surface area contributed by atoms with Gasteiger partial charge < -0.3 is 42.1 Å². The molecule has 0 spiro atoms. The molecule has 0 bridgehead atoms. The molecular weight excluding hydrogens is 568 g/mol. The maximum Gasteiger partial charge on any atom is 0.335 e. The zero-order valence-electron chi connectivity index (χ0n) is 24.6. The van der Waals surface area contributed by atoms with E-state index >= 15 is 0 Å². The molecule has 0 unspecified atom stereocenters. The summed E-state index contributed by atoms with van der Waals surface area (Å²) in [6.45, 7) is 1.65. The van der Waals surface area contributed by atoms with Gasteiger partial charge in [-0.3, -0.25) is 19.2 Å². The Morgan fingerprint density at radius 1 is 0.442 bits per heavy atom. The van der Waals surface area contributed by atoms with Crippen molar-refractivity contribution in [2.24, 2.45) is 11.5 Å². The molecule has 43 heavy (non-hydrogen) atoms. The van der Waals surface area contributed by atoms with Crippen molar-refractivity contribution in [2.75, 3.05) is 13.1 Å². The van der Waals surface area contributed by atoms with E-state index in [1.807, 2.05) is 0 Å². The first-order chi connectivity index (χ1) is 20.3. The SMILES string of the molecule is NCCCCCCN.O=C(O)CCCCC(=O)O.O=C(O)CCCCCCCC(=O)O.O=C(O)c1cccc(C(=O)O)c1. The van der Waals surface area contributed by atoms with Crippen molar-refractivity contribution >= 4 is 35.8 Å². The van der Waals surface area contributed by atoms with Gasteiger partial charge in [0.2, 0.25) is 0 Å². The van der Waals surface area contributed by atoms with Crippen LogP contribution in [0.2, 0.25) is 0 Å². The molecule has 0 aromatic heterocycles. The van der Waals surface area contributed by atoms with E-state index in [1.165, 1.54) is 31.0 Å². The Morgan fingerprint density at radius 2 is 0.698 bits per heavy atom. The van der Waals surface area contributed by atoms with E-state index in [4.69, 9.17) is 42.1 Å². The average molecular weight is 617 g/mol. The van der Waals surface area contributed by atoms with Gasteiger partial charge in [0.25, 0.3) is 0 Å². The fourth-order valence-corrected chi connectivity index (χ4v) is 3.06. The lowest BCUT2D eigenvalue weighted by atomic mass is 10.1. The standard InChI is InChI=1S/C9H16O4.C8H6O4.C6H16N2.C6H10O4/c10-8(11)6-4-2-1-3-5-7-9(12)13;9-7(10)5-2-1-3-6(4-5)8(11)12;7-5-3-1-2-4-6-8;7-5(8)3-1-2-4-6(9)10/h1-7H2,(H,10,11)(H,12,13);1-4H,(H,9,10)(H,11,12);1-8H2;1-4H2,(H,7,8)(H,9,10). The van der Waals surface area contributed by atoms with E-state index < -0.39 is 35.8 Å². The molecule has 14 heteroatoms. The lowest BCUT2D eigenvalue weighted by Crippen LogP contribution is -2.01. The molecule has 1 aromatic carbocycles. The number of benzene rings is 1. The van der Waals surface area contributed by atoms with E-state index in [9.17, 15) is 28.8 Å². The molecule has 0 fully saturated rings. The molecule has 0 aliphatic rings. The Bertz CT molecular complexity index is 869. The monoisotopic (exact) mass is 616 g/mol. The number of carboxylic acids is 6. The number of unbranched alkanes of at least 4 members (excludes halogenated alkanes) is 8. The second kappa shape index (κ2) is 30.9. The van der Waals surface area contributed by atoms with Crippen LogP contribution in [0.1, 0.15) is 117 Å². The van der Waals surface area contributed by atoms with E-state index in [2.05, 4.69) is 0 Å². The molecule has 0 heterocycles. The first-order valence-electron chi connectivity index (χ1n) is 14.1. The summed E-state index contributed by atoms with van der Waals surface area (Å²) in [4.78, 5) is 60.8. The van der Waals surface area contributed by atoms with Gasteiger partial charge in [-0.2, -0.15) is 0 Å². The summed E-state index contributed by atoms with van der Waals surface area (Å²) in [5.41, 5.74) is 10.5. The summed E-state index contributed by atoms with van der Waals surface area (Å²) in [5.74, 6) is -5.51. The molecule has 0 amide bonds. The number of aliphatic carboxylic acids is 4. The van der Waals surface area contributed by atoms with Crippen molar-refractivity contribution in [3.63, 3.8) is 0 Å².